The SMILES string of the molecule is Cl.Cl.Cl.Cl.Cl.Cl.Cl.Cl.Cl.Cl.Cl.Cl.Cl.Cl.Cl.Cl.Cl.Cl.Cl.Cl.Cl.Cl.Cl.Cl.[Na+].[Na+].[Na+].[Na+].[Na+].[Na+].[Na+].[Na+].[Na+].[Na+].[Na+].[Na+].[Na+].[Na+].[Na+].[Na+].[Na+].[Na+].[Na+].[Na+].[Na+].[Na+].[Na+].[Na+].[Na+].[Na+].[Na+].[Na+].[Na+].[Na+].[Na+].[Na+].[Na+].[Na+].[Na+].[Na+].[Na+].[Na+].[Na+].[Na+].[Na+].[Na+].[Na+].[Na+].[Na+].[Na+].[Na+].[Na+].[Na+].[Na+].[Na+].[Na+].[Na+].[Na+].[Na+].[Na+].[Na+].[Na+].[Na+].[Na+].[Na+].[Na+].[Na+].[Na+].[Na+].[Na+].[Na+].[Na+].[Na+].[Na+].[Na+].[Na+].[Na+].[Na+].[Na+].[Na+].[Na+].[Na+].[Na+].[Na+].[Na+].[Na+].[Na+].[Na+].[Na+].[Na+].[Na+].[Na+].[Na+].[Na+].[Na+]. The van der Waals surface area contributed by atoms with E-state index in [9.17, 15) is 0 Å². The zero-order valence-electron chi connectivity index (χ0n) is 101. The average Bonchev–Trinajstić information content (AvgIpc) is 0. The largest absolute Gasteiger partial charge is 1.00 e. The zero-order chi connectivity index (χ0) is 0. The van der Waals surface area contributed by atoms with E-state index in [-0.39, 0.29) is 2990 Å². The third kappa shape index (κ3) is 974. The van der Waals surface area contributed by atoms with Crippen molar-refractivity contribution in [2.24, 2.45) is 0 Å². The van der Waals surface area contributed by atoms with Crippen molar-refractivity contribution in [1.29, 1.82) is 0 Å². The van der Waals surface area contributed by atoms with E-state index in [1.54, 1.807) is 0 Å². The average molecular weight is 2970 g/mol. The molecule has 115 heteroatoms. The topological polar surface area (TPSA) is 0 Å². The van der Waals surface area contributed by atoms with Gasteiger partial charge in [-0.3, -0.25) is 0 Å². The van der Waals surface area contributed by atoms with Crippen LogP contribution in [0.4, 0.5) is 0 Å². The van der Waals surface area contributed by atoms with Gasteiger partial charge in [0, 0.05) is 0 Å². The normalized spacial score (nSPS) is 0. The smallest absolute Gasteiger partial charge is 0.147 e. The number of halogens is 24. The predicted molar refractivity (Wildman–Crippen MR) is 174 cm³/mol. The summed E-state index contributed by atoms with van der Waals surface area (Å²) in [6.45, 7) is 0. The summed E-state index contributed by atoms with van der Waals surface area (Å²) in [5, 5.41) is 0. The third-order valence-corrected chi connectivity index (χ3v) is 0. The standard InChI is InChI=1S/24ClH.91Na/h24*1H;;;;;;;;;;;;;;;;;;;;;;;;;;;;;;;;;;;;;;;;;;;;;;;;;;;;;;;;;;;;;;;;;;;;;;;;;;;;;;;;;;;;;;;;;;;/q;;;;;;;;;;;;;;;;;;;;;;;;91*+1. The van der Waals surface area contributed by atoms with E-state index >= 15 is 0 Å². The van der Waals surface area contributed by atoms with Gasteiger partial charge in [0.25, 0.3) is 0 Å². The summed E-state index contributed by atoms with van der Waals surface area (Å²) in [6, 6.07) is 0. The maximum Gasteiger partial charge on any atom is 1.00 e. The summed E-state index contributed by atoms with van der Waals surface area (Å²) in [6.07, 6.45) is 0. The Morgan fingerprint density at radius 3 is 0.0174 bits per heavy atom. The molecule has 115 heavy (non-hydrogen) atoms. The Balaban J connectivity index is 0. The first-order chi connectivity index (χ1) is 0. The van der Waals surface area contributed by atoms with Gasteiger partial charge >= 0.3 is 2690 Å². The molecule has 0 saturated carbocycles. The van der Waals surface area contributed by atoms with Crippen molar-refractivity contribution in [2.45, 2.75) is 0 Å². The van der Waals surface area contributed by atoms with Crippen LogP contribution in [-0.4, -0.2) is 0 Å². The van der Waals surface area contributed by atoms with Gasteiger partial charge in [0.2, 0.25) is 0 Å². The van der Waals surface area contributed by atoms with Crippen LogP contribution in [0.3, 0.4) is 0 Å². The van der Waals surface area contributed by atoms with Gasteiger partial charge in [-0.2, -0.15) is 0 Å². The number of rotatable bonds is 0. The Bertz CT molecular complexity index is 85.0. The van der Waals surface area contributed by atoms with Gasteiger partial charge in [0.15, 0.2) is 0 Å². The molecule has 0 unspecified atom stereocenters. The Morgan fingerprint density at radius 2 is 0.0174 bits per heavy atom. The van der Waals surface area contributed by atoms with Crippen molar-refractivity contribution in [3.8, 4) is 0 Å². The fourth-order valence-corrected chi connectivity index (χ4v) is 0. The zero-order valence-corrected chi connectivity index (χ0v) is 302. The Labute approximate surface area is 2880 Å². The second kappa shape index (κ2) is 983. The molecule has 0 aromatic heterocycles. The van der Waals surface area contributed by atoms with E-state index < -0.39 is 0 Å². The summed E-state index contributed by atoms with van der Waals surface area (Å²) >= 11 is 0. The summed E-state index contributed by atoms with van der Waals surface area (Å²) in [7, 11) is 0. The molecule has 0 aromatic rings. The fraction of sp³-hybridized carbons (Fsp3) is 0. The molecular weight excluding hydrogens is 2940 g/mol. The summed E-state index contributed by atoms with van der Waals surface area (Å²) < 4.78 is 0. The molecule has 0 bridgehead atoms. The van der Waals surface area contributed by atoms with Crippen LogP contribution in [0.15, 0.2) is 0 Å². The maximum absolute atomic E-state index is 0. The quantitative estimate of drug-likeness (QED) is 0.212. The summed E-state index contributed by atoms with van der Waals surface area (Å²) in [5.41, 5.74) is 0. The van der Waals surface area contributed by atoms with Crippen LogP contribution in [0.25, 0.3) is 0 Å². The monoisotopic (exact) mass is 2960 g/mol. The van der Waals surface area contributed by atoms with Gasteiger partial charge in [-0.05, 0) is 0 Å². The van der Waals surface area contributed by atoms with Crippen LogP contribution in [0.5, 0.6) is 0 Å². The minimum atomic E-state index is 0. The van der Waals surface area contributed by atoms with Crippen molar-refractivity contribution in [2.75, 3.05) is 0 Å². The third-order valence-electron chi connectivity index (χ3n) is 0. The molecule has 0 fully saturated rings. The first-order valence-corrected chi connectivity index (χ1v) is 0. The summed E-state index contributed by atoms with van der Waals surface area (Å²) in [5.74, 6) is 0. The molecule has 0 atom stereocenters. The fourth-order valence-electron chi connectivity index (χ4n) is 0. The Hall–Kier alpha value is 98.0. The van der Waals surface area contributed by atoms with Crippen molar-refractivity contribution in [3.05, 3.63) is 0 Å². The van der Waals surface area contributed by atoms with Crippen LogP contribution in [0.2, 0.25) is 0 Å². The summed E-state index contributed by atoms with van der Waals surface area (Å²) in [4.78, 5) is 0. The Kier molecular flexibility index (Phi) is 8520. The molecule has 0 nitrogen and oxygen atoms in total. The minimum absolute atomic E-state index is 0. The molecule has 0 aliphatic carbocycles. The van der Waals surface area contributed by atoms with Gasteiger partial charge in [-0.25, -0.2) is 0 Å². The van der Waals surface area contributed by atoms with E-state index in [4.69, 9.17) is 0 Å². The van der Waals surface area contributed by atoms with E-state index in [1.165, 1.54) is 0 Å². The second-order valence-corrected chi connectivity index (χ2v) is 0. The molecule has 0 aliphatic heterocycles. The van der Waals surface area contributed by atoms with E-state index in [0.717, 1.165) is 0 Å². The molecule has 0 aromatic carbocycles. The number of hydrogen-bond acceptors (Lipinski definition) is 0. The first-order valence-electron chi connectivity index (χ1n) is 0. The number of hydrogen-bond donors (Lipinski definition) is 0. The molecule has 0 radical (unpaired) electrons. The van der Waals surface area contributed by atoms with Crippen LogP contribution in [0, 0.1) is 0 Å². The van der Waals surface area contributed by atoms with Crippen molar-refractivity contribution in [3.63, 3.8) is 0 Å². The molecule has 0 rings (SSSR count). The molecular formula is H24Cl24Na91+91. The molecule has 0 aliphatic rings. The van der Waals surface area contributed by atoms with Gasteiger partial charge in [0.05, 0.1) is 0 Å². The second-order valence-electron chi connectivity index (χ2n) is 0. The molecule has 0 saturated heterocycles. The van der Waals surface area contributed by atoms with Crippen LogP contribution >= 0.6 is 298 Å². The van der Waals surface area contributed by atoms with Crippen molar-refractivity contribution in [1.82, 2.24) is 0 Å². The van der Waals surface area contributed by atoms with Crippen LogP contribution < -0.4 is 2690 Å². The minimum Gasteiger partial charge on any atom is -0.147 e. The van der Waals surface area contributed by atoms with Crippen LogP contribution in [-0.2, 0) is 0 Å². The van der Waals surface area contributed by atoms with Gasteiger partial charge in [-0.1, -0.05) is 0 Å². The van der Waals surface area contributed by atoms with E-state index in [1.807, 2.05) is 0 Å². The molecule has 0 N–H and O–H groups in total. The van der Waals surface area contributed by atoms with Gasteiger partial charge in [0.1, 0.15) is 0 Å². The molecule has 0 heterocycles. The molecule has 192 valence electrons. The van der Waals surface area contributed by atoms with Crippen molar-refractivity contribution < 1.29 is 2690 Å². The molecule has 0 spiro atoms. The van der Waals surface area contributed by atoms with Gasteiger partial charge < -0.3 is 0 Å². The first kappa shape index (κ1) is 997. The Morgan fingerprint density at radius 1 is 0.0174 bits per heavy atom. The predicted octanol–water partition coefficient (Wildman–Crippen LogP) is -263. The van der Waals surface area contributed by atoms with Crippen molar-refractivity contribution >= 4 is 298 Å². The maximum atomic E-state index is 0. The van der Waals surface area contributed by atoms with E-state index in [2.05, 4.69) is 0 Å². The van der Waals surface area contributed by atoms with Crippen LogP contribution in [0.1, 0.15) is 0 Å². The van der Waals surface area contributed by atoms with Gasteiger partial charge in [-0.15, -0.1) is 298 Å². The van der Waals surface area contributed by atoms with E-state index in [0.29, 0.717) is 0 Å². The molecule has 0 amide bonds.